The molecule has 0 spiro atoms. The van der Waals surface area contributed by atoms with Gasteiger partial charge in [-0.2, -0.15) is 0 Å². The van der Waals surface area contributed by atoms with Gasteiger partial charge < -0.3 is 5.11 Å². The number of nitrogens with zero attached hydrogens (tertiary/aromatic N) is 4. The summed E-state index contributed by atoms with van der Waals surface area (Å²) < 4.78 is 1.31. The van der Waals surface area contributed by atoms with Crippen molar-refractivity contribution in [2.24, 2.45) is 0 Å². The van der Waals surface area contributed by atoms with Gasteiger partial charge in [-0.05, 0) is 6.07 Å². The predicted octanol–water partition coefficient (Wildman–Crippen LogP) is -0.126. The number of anilines is 1. The third-order valence-electron chi connectivity index (χ3n) is 2.88. The van der Waals surface area contributed by atoms with Crippen molar-refractivity contribution in [1.82, 2.24) is 19.9 Å². The highest BCUT2D eigenvalue weighted by Gasteiger charge is 2.24. The zero-order valence-electron chi connectivity index (χ0n) is 10.1. The lowest BCUT2D eigenvalue weighted by Crippen LogP contribution is -2.49. The van der Waals surface area contributed by atoms with Gasteiger partial charge in [0.1, 0.15) is 0 Å². The molecule has 0 unspecified atom stereocenters. The van der Waals surface area contributed by atoms with Crippen molar-refractivity contribution >= 4 is 29.2 Å². The molecule has 102 valence electrons. The van der Waals surface area contributed by atoms with E-state index in [4.69, 9.17) is 5.11 Å². The van der Waals surface area contributed by atoms with Crippen LogP contribution in [0.2, 0.25) is 0 Å². The summed E-state index contributed by atoms with van der Waals surface area (Å²) in [7, 11) is 0. The fraction of sp³-hybridized carbons (Fsp3) is 0.182. The van der Waals surface area contributed by atoms with E-state index in [1.807, 2.05) is 0 Å². The third kappa shape index (κ3) is 1.94. The monoisotopic (exact) mass is 275 g/mol. The lowest BCUT2D eigenvalue weighted by molar-refractivity contribution is -0.120. The third-order valence-corrected chi connectivity index (χ3v) is 2.88. The van der Waals surface area contributed by atoms with Gasteiger partial charge in [0.15, 0.2) is 5.65 Å². The second-order valence-electron chi connectivity index (χ2n) is 4.18. The molecule has 9 heteroatoms. The maximum Gasteiger partial charge on any atom is 0.375 e. The Labute approximate surface area is 111 Å². The summed E-state index contributed by atoms with van der Waals surface area (Å²) in [5, 5.41) is 14.8. The van der Waals surface area contributed by atoms with E-state index in [-0.39, 0.29) is 24.7 Å². The van der Waals surface area contributed by atoms with Crippen molar-refractivity contribution in [2.75, 3.05) is 11.4 Å². The van der Waals surface area contributed by atoms with Crippen molar-refractivity contribution in [3.8, 4) is 0 Å². The van der Waals surface area contributed by atoms with E-state index < -0.39 is 12.0 Å². The normalized spacial score (nSPS) is 15.5. The Kier molecular flexibility index (Phi) is 2.60. The average molecular weight is 275 g/mol. The van der Waals surface area contributed by atoms with Crippen molar-refractivity contribution in [1.29, 1.82) is 0 Å². The molecule has 0 aromatic carbocycles. The van der Waals surface area contributed by atoms with E-state index >= 15 is 0 Å². The van der Waals surface area contributed by atoms with Crippen molar-refractivity contribution in [3.05, 3.63) is 24.2 Å². The van der Waals surface area contributed by atoms with Crippen LogP contribution in [0.4, 0.5) is 10.5 Å². The molecule has 3 rings (SSSR count). The molecule has 0 atom stereocenters. The summed E-state index contributed by atoms with van der Waals surface area (Å²) in [6.45, 7) is 0.265. The molecule has 9 nitrogen and oxygen atoms in total. The van der Waals surface area contributed by atoms with E-state index in [0.717, 1.165) is 0 Å². The molecule has 0 aliphatic carbocycles. The number of urea groups is 1. The number of hydrogen-bond donors (Lipinski definition) is 2. The molecule has 0 radical (unpaired) electrons. The Balaban J connectivity index is 1.98. The number of carboxylic acid groups (broad SMARTS) is 1. The number of rotatable bonds is 2. The lowest BCUT2D eigenvalue weighted by atomic mass is 10.2. The van der Waals surface area contributed by atoms with Crippen LogP contribution < -0.4 is 10.2 Å². The van der Waals surface area contributed by atoms with Gasteiger partial charge in [0.25, 0.3) is 5.82 Å². The quantitative estimate of drug-likeness (QED) is 0.788. The van der Waals surface area contributed by atoms with Gasteiger partial charge >= 0.3 is 12.0 Å². The predicted molar refractivity (Wildman–Crippen MR) is 65.4 cm³/mol. The molecule has 20 heavy (non-hydrogen) atoms. The molecule has 1 aliphatic heterocycles. The van der Waals surface area contributed by atoms with Crippen molar-refractivity contribution < 1.29 is 19.5 Å². The molecular weight excluding hydrogens is 266 g/mol. The van der Waals surface area contributed by atoms with Crippen LogP contribution in [0.1, 0.15) is 17.0 Å². The van der Waals surface area contributed by atoms with E-state index in [2.05, 4.69) is 15.4 Å². The second-order valence-corrected chi connectivity index (χ2v) is 4.18. The maximum atomic E-state index is 11.7. The van der Waals surface area contributed by atoms with Crippen LogP contribution in [0.25, 0.3) is 5.65 Å². The number of carboxylic acids is 1. The number of carbonyl (C=O) groups excluding carboxylic acids is 2. The minimum atomic E-state index is -1.23. The number of hydrogen-bond acceptors (Lipinski definition) is 5. The van der Waals surface area contributed by atoms with E-state index in [1.54, 1.807) is 6.07 Å². The average Bonchev–Trinajstić information content (AvgIpc) is 2.81. The van der Waals surface area contributed by atoms with Gasteiger partial charge in [0, 0.05) is 25.2 Å². The summed E-state index contributed by atoms with van der Waals surface area (Å²) >= 11 is 0. The first-order valence-corrected chi connectivity index (χ1v) is 5.75. The topological polar surface area (TPSA) is 117 Å². The first-order chi connectivity index (χ1) is 9.54. The van der Waals surface area contributed by atoms with Crippen LogP contribution in [-0.4, -0.2) is 44.2 Å². The molecule has 1 aliphatic rings. The maximum absolute atomic E-state index is 11.7. The largest absolute Gasteiger partial charge is 0.475 e. The van der Waals surface area contributed by atoms with Gasteiger partial charge in [0.2, 0.25) is 5.91 Å². The molecule has 1 saturated heterocycles. The minimum Gasteiger partial charge on any atom is -0.475 e. The number of nitrogens with one attached hydrogen (secondary N) is 1. The molecule has 1 fully saturated rings. The Morgan fingerprint density at radius 2 is 2.20 bits per heavy atom. The Morgan fingerprint density at radius 3 is 2.90 bits per heavy atom. The lowest BCUT2D eigenvalue weighted by Gasteiger charge is -2.26. The van der Waals surface area contributed by atoms with Crippen LogP contribution in [0.15, 0.2) is 18.3 Å². The standard InChI is InChI=1S/C11H9N5O4/c17-8-2-3-15(11(20)13-8)6-1-4-16-7(5-6)12-9(14-16)10(18)19/h1,4-5H,2-3H2,(H,18,19)(H,13,17,20). The zero-order chi connectivity index (χ0) is 14.3. The molecule has 2 N–H and O–H groups in total. The fourth-order valence-electron chi connectivity index (χ4n) is 1.94. The molecule has 3 heterocycles. The van der Waals surface area contributed by atoms with Gasteiger partial charge in [-0.15, -0.1) is 5.10 Å². The molecule has 0 bridgehead atoms. The summed E-state index contributed by atoms with van der Waals surface area (Å²) in [6.07, 6.45) is 1.72. The number of aromatic nitrogens is 3. The van der Waals surface area contributed by atoms with Gasteiger partial charge in [-0.1, -0.05) is 0 Å². The number of carbonyl (C=O) groups is 3. The van der Waals surface area contributed by atoms with Gasteiger partial charge in [0.05, 0.1) is 5.69 Å². The van der Waals surface area contributed by atoms with Gasteiger partial charge in [-0.3, -0.25) is 15.0 Å². The molecule has 2 aromatic rings. The minimum absolute atomic E-state index is 0.212. The number of fused-ring (bicyclic) bond motifs is 1. The van der Waals surface area contributed by atoms with E-state index in [0.29, 0.717) is 11.3 Å². The number of aromatic carboxylic acids is 1. The van der Waals surface area contributed by atoms with Crippen LogP contribution >= 0.6 is 0 Å². The van der Waals surface area contributed by atoms with E-state index in [1.165, 1.54) is 21.7 Å². The van der Waals surface area contributed by atoms with Crippen molar-refractivity contribution in [2.45, 2.75) is 6.42 Å². The number of pyridine rings is 1. The number of imide groups is 1. The smallest absolute Gasteiger partial charge is 0.375 e. The van der Waals surface area contributed by atoms with Gasteiger partial charge in [-0.25, -0.2) is 19.1 Å². The second kappa shape index (κ2) is 4.30. The highest BCUT2D eigenvalue weighted by Crippen LogP contribution is 2.18. The zero-order valence-corrected chi connectivity index (χ0v) is 10.1. The van der Waals surface area contributed by atoms with Crippen LogP contribution in [0.5, 0.6) is 0 Å². The highest BCUT2D eigenvalue weighted by atomic mass is 16.4. The fourth-order valence-corrected chi connectivity index (χ4v) is 1.94. The summed E-state index contributed by atoms with van der Waals surface area (Å²) in [5.74, 6) is -1.86. The molecular formula is C11H9N5O4. The Morgan fingerprint density at radius 1 is 1.40 bits per heavy atom. The SMILES string of the molecule is O=C1CCN(c2ccn3nc(C(=O)O)nc3c2)C(=O)N1. The molecule has 2 aromatic heterocycles. The van der Waals surface area contributed by atoms with Crippen LogP contribution in [0.3, 0.4) is 0 Å². The first-order valence-electron chi connectivity index (χ1n) is 5.75. The molecule has 3 amide bonds. The Hall–Kier alpha value is -2.97. The Bertz CT molecular complexity index is 737. The van der Waals surface area contributed by atoms with Crippen LogP contribution in [0, 0.1) is 0 Å². The van der Waals surface area contributed by atoms with E-state index in [9.17, 15) is 14.4 Å². The first kappa shape index (κ1) is 12.1. The highest BCUT2D eigenvalue weighted by molar-refractivity contribution is 6.05. The van der Waals surface area contributed by atoms with Crippen LogP contribution in [-0.2, 0) is 4.79 Å². The summed E-state index contributed by atoms with van der Waals surface area (Å²) in [6, 6.07) is 2.63. The van der Waals surface area contributed by atoms with Crippen molar-refractivity contribution in [3.63, 3.8) is 0 Å². The number of amides is 3. The molecule has 0 saturated carbocycles. The summed E-state index contributed by atoms with van der Waals surface area (Å²) in [4.78, 5) is 38.8. The summed E-state index contributed by atoms with van der Waals surface area (Å²) in [5.41, 5.74) is 0.830.